The van der Waals surface area contributed by atoms with Crippen molar-refractivity contribution in [2.24, 2.45) is 5.92 Å². The molecule has 36 heavy (non-hydrogen) atoms. The van der Waals surface area contributed by atoms with E-state index in [1.54, 1.807) is 13.2 Å². The number of nitrogens with one attached hydrogen (secondary N) is 3. The summed E-state index contributed by atoms with van der Waals surface area (Å²) in [7, 11) is 1.63. The van der Waals surface area contributed by atoms with Crippen molar-refractivity contribution < 1.29 is 23.4 Å². The third-order valence-corrected chi connectivity index (χ3v) is 7.70. The molecule has 0 radical (unpaired) electrons. The number of halogens is 1. The van der Waals surface area contributed by atoms with E-state index in [0.29, 0.717) is 30.0 Å². The summed E-state index contributed by atoms with van der Waals surface area (Å²) < 4.78 is 33.2. The third-order valence-electron chi connectivity index (χ3n) is 7.70. The molecule has 12 heteroatoms. The standard InChI is InChI=1S/C24H28FN7O4/c1-34-10-14-9-32-19(26-14)5-15(13-2-3-13)27-22(32)28-18-4-16(30-31-18)21-20(25)17(11-35-21)36-23(33)29-24-6-12(7-24)8-24/h4-5,9,12-13,17,20-21H,2-3,6-8,10-11H2,1H3,(H,29,33)(H2,27,28,30,31)/t12?,17-,20+,21-,24?/m1/s1. The number of carbonyl (C=O) groups excluding carboxylic acids is 1. The highest BCUT2D eigenvalue weighted by Gasteiger charge is 2.58. The van der Waals surface area contributed by atoms with Crippen molar-refractivity contribution in [1.29, 1.82) is 0 Å². The number of alkyl halides is 1. The van der Waals surface area contributed by atoms with Crippen LogP contribution >= 0.6 is 0 Å². The SMILES string of the molecule is COCc1cn2c(Nc3cc([C@H]4OC[C@@H](OC(=O)NC56CC(C5)C6)[C@@H]4F)[nH]n3)nc(C3CC3)cc2n1. The largest absolute Gasteiger partial charge is 0.441 e. The Morgan fingerprint density at radius 1 is 1.31 bits per heavy atom. The molecule has 0 aromatic carbocycles. The summed E-state index contributed by atoms with van der Waals surface area (Å²) in [6, 6.07) is 3.69. The molecule has 4 heterocycles. The van der Waals surface area contributed by atoms with Gasteiger partial charge in [0.1, 0.15) is 11.8 Å². The number of anilines is 2. The number of alkyl carbamates (subject to hydrolysis) is 1. The summed E-state index contributed by atoms with van der Waals surface area (Å²) in [6.45, 7) is 0.381. The normalized spacial score (nSPS) is 30.6. The zero-order chi connectivity index (χ0) is 24.4. The second-order valence-corrected chi connectivity index (χ2v) is 10.5. The Kier molecular flexibility index (Phi) is 4.97. The fraction of sp³-hybridized carbons (Fsp3) is 0.583. The number of rotatable bonds is 8. The minimum atomic E-state index is -1.51. The van der Waals surface area contributed by atoms with Gasteiger partial charge in [0.2, 0.25) is 5.95 Å². The van der Waals surface area contributed by atoms with Gasteiger partial charge in [-0.15, -0.1) is 0 Å². The minimum Gasteiger partial charge on any atom is -0.441 e. The molecule has 5 aliphatic rings. The number of fused-ring (bicyclic) bond motifs is 1. The zero-order valence-corrected chi connectivity index (χ0v) is 19.9. The molecule has 2 bridgehead atoms. The van der Waals surface area contributed by atoms with Crippen molar-refractivity contribution in [2.45, 2.75) is 68.5 Å². The molecule has 3 N–H and O–H groups in total. The number of carbonyl (C=O) groups is 1. The maximum absolute atomic E-state index is 15.2. The molecular formula is C24H28FN7O4. The van der Waals surface area contributed by atoms with E-state index < -0.39 is 24.5 Å². The fourth-order valence-electron chi connectivity index (χ4n) is 5.56. The van der Waals surface area contributed by atoms with E-state index >= 15 is 4.39 Å². The van der Waals surface area contributed by atoms with Crippen LogP contribution in [0.5, 0.6) is 0 Å². The molecule has 190 valence electrons. The van der Waals surface area contributed by atoms with Crippen molar-refractivity contribution in [1.82, 2.24) is 29.9 Å². The molecule has 3 aromatic heterocycles. The smallest absolute Gasteiger partial charge is 0.408 e. The van der Waals surface area contributed by atoms with E-state index in [-0.39, 0.29) is 12.1 Å². The summed E-state index contributed by atoms with van der Waals surface area (Å²) in [5, 5.41) is 13.3. The molecule has 0 unspecified atom stereocenters. The summed E-state index contributed by atoms with van der Waals surface area (Å²) in [5.74, 6) is 2.20. The molecule has 0 spiro atoms. The highest BCUT2D eigenvalue weighted by molar-refractivity contribution is 5.69. The van der Waals surface area contributed by atoms with Crippen molar-refractivity contribution in [3.05, 3.63) is 35.4 Å². The number of hydrogen-bond donors (Lipinski definition) is 3. The number of nitrogens with zero attached hydrogens (tertiary/aromatic N) is 4. The molecule has 8 rings (SSSR count). The third kappa shape index (κ3) is 3.79. The van der Waals surface area contributed by atoms with Crippen LogP contribution in [0.4, 0.5) is 21.0 Å². The first kappa shape index (κ1) is 22.0. The average Bonchev–Trinajstić information content (AvgIpc) is 3.26. The molecule has 4 saturated carbocycles. The fourth-order valence-corrected chi connectivity index (χ4v) is 5.56. The summed E-state index contributed by atoms with van der Waals surface area (Å²) in [4.78, 5) is 21.7. The monoisotopic (exact) mass is 497 g/mol. The number of imidazole rings is 1. The first-order chi connectivity index (χ1) is 17.5. The molecule has 11 nitrogen and oxygen atoms in total. The lowest BCUT2D eigenvalue weighted by atomic mass is 9.50. The Bertz CT molecular complexity index is 1300. The number of aromatic amines is 1. The average molecular weight is 498 g/mol. The quantitative estimate of drug-likeness (QED) is 0.433. The molecule has 1 saturated heterocycles. The second kappa shape index (κ2) is 8.13. The van der Waals surface area contributed by atoms with Gasteiger partial charge in [0, 0.05) is 36.9 Å². The van der Waals surface area contributed by atoms with Crippen molar-refractivity contribution in [3.63, 3.8) is 0 Å². The lowest BCUT2D eigenvalue weighted by Gasteiger charge is -2.61. The molecular weight excluding hydrogens is 469 g/mol. The first-order valence-corrected chi connectivity index (χ1v) is 12.4. The van der Waals surface area contributed by atoms with Gasteiger partial charge in [-0.2, -0.15) is 5.10 Å². The Hall–Kier alpha value is -3.25. The minimum absolute atomic E-state index is 0.0143. The van der Waals surface area contributed by atoms with E-state index in [2.05, 4.69) is 25.8 Å². The van der Waals surface area contributed by atoms with Crippen LogP contribution in [0.3, 0.4) is 0 Å². The van der Waals surface area contributed by atoms with Gasteiger partial charge in [0.05, 0.1) is 30.3 Å². The Morgan fingerprint density at radius 3 is 2.86 bits per heavy atom. The summed E-state index contributed by atoms with van der Waals surface area (Å²) in [6.07, 6.45) is 3.11. The number of amides is 1. The van der Waals surface area contributed by atoms with Crippen LogP contribution in [0.2, 0.25) is 0 Å². The van der Waals surface area contributed by atoms with Crippen molar-refractivity contribution >= 4 is 23.5 Å². The van der Waals surface area contributed by atoms with Crippen LogP contribution < -0.4 is 10.6 Å². The maximum Gasteiger partial charge on any atom is 0.408 e. The highest BCUT2D eigenvalue weighted by atomic mass is 19.1. The highest BCUT2D eigenvalue weighted by Crippen LogP contribution is 2.57. The molecule has 1 aliphatic heterocycles. The molecule has 3 atom stereocenters. The number of ether oxygens (including phenoxy) is 3. The van der Waals surface area contributed by atoms with Crippen molar-refractivity contribution in [2.75, 3.05) is 19.0 Å². The number of hydrogen-bond acceptors (Lipinski definition) is 8. The maximum atomic E-state index is 15.2. The van der Waals surface area contributed by atoms with Gasteiger partial charge in [0.25, 0.3) is 0 Å². The topological polar surface area (TPSA) is 128 Å². The van der Waals surface area contributed by atoms with Gasteiger partial charge in [0.15, 0.2) is 18.1 Å². The van der Waals surface area contributed by atoms with Crippen molar-refractivity contribution in [3.8, 4) is 0 Å². The van der Waals surface area contributed by atoms with E-state index in [4.69, 9.17) is 19.2 Å². The second-order valence-electron chi connectivity index (χ2n) is 10.5. The summed E-state index contributed by atoms with van der Waals surface area (Å²) in [5.41, 5.74) is 2.89. The van der Waals surface area contributed by atoms with E-state index in [1.807, 2.05) is 16.7 Å². The first-order valence-electron chi connectivity index (χ1n) is 12.4. The van der Waals surface area contributed by atoms with Gasteiger partial charge in [-0.3, -0.25) is 9.50 Å². The van der Waals surface area contributed by atoms with E-state index in [0.717, 1.165) is 55.1 Å². The molecule has 1 amide bonds. The van der Waals surface area contributed by atoms with Gasteiger partial charge in [-0.1, -0.05) is 0 Å². The zero-order valence-electron chi connectivity index (χ0n) is 19.9. The van der Waals surface area contributed by atoms with Crippen LogP contribution in [0, 0.1) is 5.92 Å². The van der Waals surface area contributed by atoms with E-state index in [1.165, 1.54) is 0 Å². The number of aromatic nitrogens is 5. The van der Waals surface area contributed by atoms with Gasteiger partial charge >= 0.3 is 6.09 Å². The van der Waals surface area contributed by atoms with Gasteiger partial charge in [-0.05, 0) is 38.0 Å². The Labute approximate surface area is 206 Å². The predicted octanol–water partition coefficient (Wildman–Crippen LogP) is 3.28. The predicted molar refractivity (Wildman–Crippen MR) is 125 cm³/mol. The van der Waals surface area contributed by atoms with Crippen LogP contribution in [-0.2, 0) is 20.8 Å². The van der Waals surface area contributed by atoms with Crippen LogP contribution in [0.15, 0.2) is 18.3 Å². The Balaban J connectivity index is 1.05. The van der Waals surface area contributed by atoms with Gasteiger partial charge in [-0.25, -0.2) is 19.2 Å². The number of methoxy groups -OCH3 is 1. The van der Waals surface area contributed by atoms with Crippen LogP contribution in [0.25, 0.3) is 5.65 Å². The van der Waals surface area contributed by atoms with Crippen LogP contribution in [-0.4, -0.2) is 62.2 Å². The van der Waals surface area contributed by atoms with Gasteiger partial charge < -0.3 is 24.8 Å². The lowest BCUT2D eigenvalue weighted by molar-refractivity contribution is -0.0528. The molecule has 3 aromatic rings. The summed E-state index contributed by atoms with van der Waals surface area (Å²) >= 11 is 0. The Morgan fingerprint density at radius 2 is 2.14 bits per heavy atom. The molecule has 4 aliphatic carbocycles. The van der Waals surface area contributed by atoms with Crippen LogP contribution in [0.1, 0.15) is 61.2 Å². The van der Waals surface area contributed by atoms with E-state index in [9.17, 15) is 4.79 Å². The lowest BCUT2D eigenvalue weighted by Crippen LogP contribution is -2.68. The molecule has 5 fully saturated rings. The number of H-pyrrole nitrogens is 1.